The molecule has 0 bridgehead atoms. The van der Waals surface area contributed by atoms with Gasteiger partial charge >= 0.3 is 5.97 Å². The zero-order valence-corrected chi connectivity index (χ0v) is 15.2. The highest BCUT2D eigenvalue weighted by Gasteiger charge is 2.58. The molecule has 2 heterocycles. The fourth-order valence-electron chi connectivity index (χ4n) is 4.41. The van der Waals surface area contributed by atoms with Gasteiger partial charge in [0.1, 0.15) is 11.3 Å². The number of alkyl halides is 1. The molecule has 1 aromatic carbocycles. The van der Waals surface area contributed by atoms with Crippen LogP contribution in [0.4, 0.5) is 14.5 Å². The van der Waals surface area contributed by atoms with Gasteiger partial charge in [-0.2, -0.15) is 0 Å². The number of rotatable bonds is 4. The first-order valence-corrected chi connectivity index (χ1v) is 9.11. The van der Waals surface area contributed by atoms with E-state index in [2.05, 4.69) is 0 Å². The first-order chi connectivity index (χ1) is 13.2. The van der Waals surface area contributed by atoms with Crippen LogP contribution in [0.25, 0.3) is 10.9 Å². The highest BCUT2D eigenvalue weighted by molar-refractivity contribution is 5.97. The number of carbonyl (C=O) groups is 1. The molecule has 2 saturated carbocycles. The summed E-state index contributed by atoms with van der Waals surface area (Å²) in [5.41, 5.74) is 4.61. The third kappa shape index (κ3) is 2.22. The number of carboxylic acid groups (broad SMARTS) is 1. The number of aromatic nitrogens is 1. The van der Waals surface area contributed by atoms with Crippen molar-refractivity contribution in [1.29, 1.82) is 0 Å². The van der Waals surface area contributed by atoms with Crippen molar-refractivity contribution >= 4 is 22.6 Å². The van der Waals surface area contributed by atoms with Crippen molar-refractivity contribution in [2.75, 3.05) is 25.1 Å². The molecule has 1 aliphatic heterocycles. The second kappa shape index (κ2) is 5.22. The van der Waals surface area contributed by atoms with Crippen molar-refractivity contribution in [3.8, 4) is 5.75 Å². The van der Waals surface area contributed by atoms with Crippen molar-refractivity contribution in [2.24, 2.45) is 11.7 Å². The largest absolute Gasteiger partial charge is 0.492 e. The molecular weight excluding hydrogens is 372 g/mol. The maximum atomic E-state index is 15.1. The van der Waals surface area contributed by atoms with Crippen LogP contribution in [0.1, 0.15) is 29.6 Å². The lowest BCUT2D eigenvalue weighted by atomic mass is 10.1. The average Bonchev–Trinajstić information content (AvgIpc) is 3.50. The van der Waals surface area contributed by atoms with Gasteiger partial charge in [0.05, 0.1) is 18.0 Å². The number of methoxy groups -OCH3 is 1. The summed E-state index contributed by atoms with van der Waals surface area (Å²) >= 11 is 0. The number of nitrogens with two attached hydrogens (primary N) is 1. The van der Waals surface area contributed by atoms with Crippen LogP contribution in [-0.4, -0.2) is 41.4 Å². The second-order valence-electron chi connectivity index (χ2n) is 8.12. The fraction of sp³-hybridized carbons (Fsp3) is 0.474. The molecular formula is C19H19F2N3O4. The minimum Gasteiger partial charge on any atom is -0.492 e. The van der Waals surface area contributed by atoms with Crippen LogP contribution in [0, 0.1) is 11.7 Å². The van der Waals surface area contributed by atoms with Crippen molar-refractivity contribution in [3.63, 3.8) is 0 Å². The van der Waals surface area contributed by atoms with Crippen LogP contribution in [0.3, 0.4) is 0 Å². The smallest absolute Gasteiger partial charge is 0.341 e. The monoisotopic (exact) mass is 391 g/mol. The predicted molar refractivity (Wildman–Crippen MR) is 97.2 cm³/mol. The summed E-state index contributed by atoms with van der Waals surface area (Å²) in [6.07, 6.45) is 2.23. The van der Waals surface area contributed by atoms with E-state index in [4.69, 9.17) is 10.5 Å². The van der Waals surface area contributed by atoms with Crippen molar-refractivity contribution in [2.45, 2.75) is 30.6 Å². The standard InChI is InChI=1S/C19H19F2N3O4/c1-28-16-13-10(4-12(20)14(16)23-6-9-5-18(9,22)8-23)15(25)11(17(26)27)7-24(13)19(21)2-3-19/h4,7,9H,2-3,5-6,8,22H2,1H3,(H,26,27). The number of hydrogen-bond acceptors (Lipinski definition) is 5. The van der Waals surface area contributed by atoms with Crippen LogP contribution in [0.15, 0.2) is 17.1 Å². The normalized spacial score (nSPS) is 27.0. The molecule has 7 nitrogen and oxygen atoms in total. The number of pyridine rings is 1. The number of ether oxygens (including phenoxy) is 1. The highest BCUT2D eigenvalue weighted by Crippen LogP contribution is 2.53. The quantitative estimate of drug-likeness (QED) is 0.825. The first kappa shape index (κ1) is 17.4. The number of carboxylic acids is 1. The van der Waals surface area contributed by atoms with Gasteiger partial charge in [-0.15, -0.1) is 0 Å². The topological polar surface area (TPSA) is 97.8 Å². The fourth-order valence-corrected chi connectivity index (χ4v) is 4.41. The molecule has 1 saturated heterocycles. The molecule has 2 aliphatic carbocycles. The molecule has 1 aromatic heterocycles. The molecule has 3 fully saturated rings. The maximum absolute atomic E-state index is 15.1. The summed E-state index contributed by atoms with van der Waals surface area (Å²) in [4.78, 5) is 25.9. The van der Waals surface area contributed by atoms with E-state index in [0.717, 1.165) is 23.3 Å². The number of fused-ring (bicyclic) bond motifs is 2. The van der Waals surface area contributed by atoms with E-state index in [0.29, 0.717) is 13.1 Å². The number of aromatic carboxylic acids is 1. The zero-order chi connectivity index (χ0) is 20.0. The molecule has 3 aliphatic rings. The molecule has 28 heavy (non-hydrogen) atoms. The molecule has 2 aromatic rings. The molecule has 0 amide bonds. The molecule has 148 valence electrons. The van der Waals surface area contributed by atoms with Crippen molar-refractivity contribution < 1.29 is 23.4 Å². The lowest BCUT2D eigenvalue weighted by Crippen LogP contribution is -2.34. The van der Waals surface area contributed by atoms with E-state index < -0.39 is 28.6 Å². The highest BCUT2D eigenvalue weighted by atomic mass is 19.1. The van der Waals surface area contributed by atoms with E-state index in [1.165, 1.54) is 7.11 Å². The number of anilines is 1. The minimum atomic E-state index is -1.82. The van der Waals surface area contributed by atoms with Crippen LogP contribution in [0.2, 0.25) is 0 Å². The predicted octanol–water partition coefficient (Wildman–Crippen LogP) is 1.80. The van der Waals surface area contributed by atoms with Crippen LogP contribution < -0.4 is 20.8 Å². The van der Waals surface area contributed by atoms with Crippen LogP contribution >= 0.6 is 0 Å². The van der Waals surface area contributed by atoms with Gasteiger partial charge < -0.3 is 25.0 Å². The summed E-state index contributed by atoms with van der Waals surface area (Å²) in [5.74, 6) is -3.74. The van der Waals surface area contributed by atoms with Crippen LogP contribution in [0.5, 0.6) is 5.75 Å². The summed E-state index contributed by atoms with van der Waals surface area (Å²) in [6, 6.07) is 0.983. The summed E-state index contributed by atoms with van der Waals surface area (Å²) in [5, 5.41) is 9.12. The van der Waals surface area contributed by atoms with Gasteiger partial charge in [-0.05, 0) is 18.4 Å². The Morgan fingerprint density at radius 3 is 2.68 bits per heavy atom. The number of hydrogen-bond donors (Lipinski definition) is 2. The summed E-state index contributed by atoms with van der Waals surface area (Å²) < 4.78 is 36.7. The second-order valence-corrected chi connectivity index (χ2v) is 8.12. The van der Waals surface area contributed by atoms with Crippen molar-refractivity contribution in [1.82, 2.24) is 4.57 Å². The van der Waals surface area contributed by atoms with Crippen LogP contribution in [-0.2, 0) is 5.79 Å². The third-order valence-corrected chi connectivity index (χ3v) is 6.22. The van der Waals surface area contributed by atoms with Gasteiger partial charge in [-0.25, -0.2) is 13.6 Å². The Hall–Kier alpha value is -2.68. The van der Waals surface area contributed by atoms with E-state index in [1.807, 2.05) is 0 Å². The van der Waals surface area contributed by atoms with E-state index in [9.17, 15) is 14.7 Å². The van der Waals surface area contributed by atoms with Crippen molar-refractivity contribution in [3.05, 3.63) is 33.9 Å². The maximum Gasteiger partial charge on any atom is 0.341 e. The van der Waals surface area contributed by atoms with Gasteiger partial charge in [0.25, 0.3) is 0 Å². The Kier molecular flexibility index (Phi) is 3.25. The molecule has 2 atom stereocenters. The Morgan fingerprint density at radius 1 is 1.43 bits per heavy atom. The Balaban J connectivity index is 1.82. The Bertz CT molecular complexity index is 1110. The third-order valence-electron chi connectivity index (χ3n) is 6.22. The van der Waals surface area contributed by atoms with Gasteiger partial charge in [-0.3, -0.25) is 4.79 Å². The minimum absolute atomic E-state index is 0.0258. The van der Waals surface area contributed by atoms with E-state index in [-0.39, 0.29) is 46.6 Å². The zero-order valence-electron chi connectivity index (χ0n) is 15.2. The first-order valence-electron chi connectivity index (χ1n) is 9.11. The van der Waals surface area contributed by atoms with E-state index >= 15 is 8.78 Å². The number of nitrogens with zero attached hydrogens (tertiary/aromatic N) is 2. The lowest BCUT2D eigenvalue weighted by Gasteiger charge is -2.27. The van der Waals surface area contributed by atoms with Gasteiger partial charge in [0, 0.05) is 37.7 Å². The SMILES string of the molecule is COc1c(N2CC3CC3(N)C2)c(F)cc2c(=O)c(C(=O)O)cn(C3(F)CC3)c12. The summed E-state index contributed by atoms with van der Waals surface area (Å²) in [6.45, 7) is 0.988. The van der Waals surface area contributed by atoms with E-state index in [1.54, 1.807) is 4.90 Å². The summed E-state index contributed by atoms with van der Waals surface area (Å²) in [7, 11) is 1.32. The molecule has 2 unspecified atom stereocenters. The van der Waals surface area contributed by atoms with Gasteiger partial charge in [0.2, 0.25) is 5.43 Å². The molecule has 3 N–H and O–H groups in total. The Morgan fingerprint density at radius 2 is 2.14 bits per heavy atom. The average molecular weight is 391 g/mol. The lowest BCUT2D eigenvalue weighted by molar-refractivity contribution is 0.0694. The Labute approximate surface area is 158 Å². The van der Waals surface area contributed by atoms with Gasteiger partial charge in [0.15, 0.2) is 17.4 Å². The molecule has 0 spiro atoms. The van der Waals surface area contributed by atoms with Gasteiger partial charge in [-0.1, -0.05) is 0 Å². The number of piperidine rings is 1. The molecule has 5 rings (SSSR count). The molecule has 0 radical (unpaired) electrons. The number of halogens is 2. The number of benzene rings is 1. The molecule has 9 heteroatoms.